The van der Waals surface area contributed by atoms with E-state index in [4.69, 9.17) is 23.2 Å². The van der Waals surface area contributed by atoms with Gasteiger partial charge in [-0.1, -0.05) is 23.2 Å². The van der Waals surface area contributed by atoms with Crippen LogP contribution in [0.5, 0.6) is 0 Å². The summed E-state index contributed by atoms with van der Waals surface area (Å²) < 4.78 is 4.38. The summed E-state index contributed by atoms with van der Waals surface area (Å²) in [4.78, 5) is 22.4. The maximum atomic E-state index is 11.7. The molecule has 0 atom stereocenters. The number of carbonyl (C=O) groups excluding carboxylic acids is 2. The van der Waals surface area contributed by atoms with E-state index in [1.165, 1.54) is 13.2 Å². The van der Waals surface area contributed by atoms with Gasteiger partial charge in [-0.2, -0.15) is 0 Å². The van der Waals surface area contributed by atoms with Crippen LogP contribution >= 0.6 is 23.2 Å². The molecule has 1 aromatic carbocycles. The van der Waals surface area contributed by atoms with E-state index in [0.717, 1.165) is 0 Å². The number of alkyl carbamates (subject to hydrolysis) is 1. The Morgan fingerprint density at radius 3 is 2.44 bits per heavy atom. The first-order valence-corrected chi connectivity index (χ1v) is 5.85. The molecule has 0 aliphatic carbocycles. The first-order chi connectivity index (χ1) is 8.54. The zero-order chi connectivity index (χ0) is 13.5. The summed E-state index contributed by atoms with van der Waals surface area (Å²) in [5.41, 5.74) is 0.405. The molecule has 18 heavy (non-hydrogen) atoms. The molecule has 0 fully saturated rings. The van der Waals surface area contributed by atoms with Crippen LogP contribution in [0.15, 0.2) is 18.2 Å². The smallest absolute Gasteiger partial charge is 0.406 e. The van der Waals surface area contributed by atoms with Gasteiger partial charge in [-0.05, 0) is 18.2 Å². The molecule has 1 rings (SSSR count). The van der Waals surface area contributed by atoms with Gasteiger partial charge in [0.25, 0.3) is 5.91 Å². The number of hydrogen-bond acceptors (Lipinski definition) is 3. The summed E-state index contributed by atoms with van der Waals surface area (Å²) in [6.45, 7) is 0.563. The van der Waals surface area contributed by atoms with Crippen molar-refractivity contribution in [2.75, 3.05) is 20.2 Å². The fourth-order valence-corrected chi connectivity index (χ4v) is 1.45. The molecule has 0 aliphatic heterocycles. The van der Waals surface area contributed by atoms with E-state index in [0.29, 0.717) is 15.6 Å². The number of amides is 2. The number of methoxy groups -OCH3 is 1. The minimum absolute atomic E-state index is 0.278. The van der Waals surface area contributed by atoms with Crippen LogP contribution in [0.1, 0.15) is 10.4 Å². The van der Waals surface area contributed by atoms with Crippen molar-refractivity contribution >= 4 is 35.2 Å². The summed E-state index contributed by atoms with van der Waals surface area (Å²) in [5.74, 6) is -0.291. The number of hydrogen-bond donors (Lipinski definition) is 2. The molecule has 0 saturated carbocycles. The zero-order valence-corrected chi connectivity index (χ0v) is 11.1. The van der Waals surface area contributed by atoms with Gasteiger partial charge in [0.15, 0.2) is 0 Å². The number of rotatable bonds is 4. The Labute approximate surface area is 114 Å². The second kappa shape index (κ2) is 7.08. The maximum absolute atomic E-state index is 11.7. The molecule has 2 amide bonds. The van der Waals surface area contributed by atoms with Crippen molar-refractivity contribution in [3.05, 3.63) is 33.8 Å². The van der Waals surface area contributed by atoms with E-state index >= 15 is 0 Å². The lowest BCUT2D eigenvalue weighted by molar-refractivity contribution is 0.0953. The third-order valence-corrected chi connectivity index (χ3v) is 2.79. The van der Waals surface area contributed by atoms with E-state index in [-0.39, 0.29) is 19.0 Å². The molecule has 1 aromatic rings. The molecule has 0 aliphatic rings. The van der Waals surface area contributed by atoms with Crippen LogP contribution in [-0.4, -0.2) is 32.2 Å². The normalized spacial score (nSPS) is 9.72. The topological polar surface area (TPSA) is 67.4 Å². The molecule has 0 saturated heterocycles. The fraction of sp³-hybridized carbons (Fsp3) is 0.273. The maximum Gasteiger partial charge on any atom is 0.406 e. The Morgan fingerprint density at radius 2 is 1.83 bits per heavy atom. The van der Waals surface area contributed by atoms with Crippen LogP contribution < -0.4 is 10.6 Å². The quantitative estimate of drug-likeness (QED) is 0.835. The third-order valence-electron chi connectivity index (χ3n) is 2.05. The Bertz CT molecular complexity index is 452. The van der Waals surface area contributed by atoms with Gasteiger partial charge >= 0.3 is 6.09 Å². The van der Waals surface area contributed by atoms with Crippen LogP contribution in [-0.2, 0) is 4.74 Å². The van der Waals surface area contributed by atoms with Gasteiger partial charge in [0.1, 0.15) is 0 Å². The molecule has 0 radical (unpaired) electrons. The molecule has 7 heteroatoms. The summed E-state index contributed by atoms with van der Waals surface area (Å²) >= 11 is 11.5. The van der Waals surface area contributed by atoms with Crippen LogP contribution in [0, 0.1) is 0 Å². The Balaban J connectivity index is 2.41. The van der Waals surface area contributed by atoms with Crippen LogP contribution in [0.3, 0.4) is 0 Å². The van der Waals surface area contributed by atoms with Crippen LogP contribution in [0.2, 0.25) is 10.0 Å². The predicted molar refractivity (Wildman–Crippen MR) is 69.2 cm³/mol. The Hall–Kier alpha value is -1.46. The van der Waals surface area contributed by atoms with Crippen LogP contribution in [0.25, 0.3) is 0 Å². The molecule has 98 valence electrons. The first-order valence-electron chi connectivity index (χ1n) is 5.09. The van der Waals surface area contributed by atoms with Gasteiger partial charge in [0.05, 0.1) is 17.2 Å². The molecule has 2 N–H and O–H groups in total. The van der Waals surface area contributed by atoms with E-state index in [1.54, 1.807) is 12.1 Å². The fourth-order valence-electron chi connectivity index (χ4n) is 1.15. The third kappa shape index (κ3) is 4.43. The van der Waals surface area contributed by atoms with Gasteiger partial charge in [-0.25, -0.2) is 4.79 Å². The van der Waals surface area contributed by atoms with Crippen molar-refractivity contribution in [3.63, 3.8) is 0 Å². The minimum Gasteiger partial charge on any atom is -0.453 e. The molecule has 0 aromatic heterocycles. The van der Waals surface area contributed by atoms with Crippen molar-refractivity contribution in [2.45, 2.75) is 0 Å². The number of ether oxygens (including phenoxy) is 1. The highest BCUT2D eigenvalue weighted by Crippen LogP contribution is 2.22. The van der Waals surface area contributed by atoms with Crippen molar-refractivity contribution < 1.29 is 14.3 Å². The average Bonchev–Trinajstić information content (AvgIpc) is 2.37. The van der Waals surface area contributed by atoms with E-state index < -0.39 is 6.09 Å². The molecule has 0 spiro atoms. The monoisotopic (exact) mass is 290 g/mol. The lowest BCUT2D eigenvalue weighted by atomic mass is 10.2. The summed E-state index contributed by atoms with van der Waals surface area (Å²) in [6, 6.07) is 4.59. The largest absolute Gasteiger partial charge is 0.453 e. The highest BCUT2D eigenvalue weighted by Gasteiger charge is 2.07. The van der Waals surface area contributed by atoms with Gasteiger partial charge in [0, 0.05) is 18.7 Å². The SMILES string of the molecule is COC(=O)NCCNC(=O)c1ccc(Cl)c(Cl)c1. The van der Waals surface area contributed by atoms with Crippen LogP contribution in [0.4, 0.5) is 4.79 Å². The van der Waals surface area contributed by atoms with Gasteiger partial charge < -0.3 is 15.4 Å². The second-order valence-electron chi connectivity index (χ2n) is 3.30. The van der Waals surface area contributed by atoms with E-state index in [2.05, 4.69) is 15.4 Å². The number of benzene rings is 1. The second-order valence-corrected chi connectivity index (χ2v) is 4.12. The Kier molecular flexibility index (Phi) is 5.74. The molecular formula is C11H12Cl2N2O3. The van der Waals surface area contributed by atoms with Crippen molar-refractivity contribution in [3.8, 4) is 0 Å². The highest BCUT2D eigenvalue weighted by atomic mass is 35.5. The summed E-state index contributed by atoms with van der Waals surface area (Å²) in [6.07, 6.45) is -0.543. The summed E-state index contributed by atoms with van der Waals surface area (Å²) in [5, 5.41) is 5.76. The number of carbonyl (C=O) groups is 2. The summed E-state index contributed by atoms with van der Waals surface area (Å²) in [7, 11) is 1.27. The molecule has 0 bridgehead atoms. The molecular weight excluding hydrogens is 279 g/mol. The molecule has 0 unspecified atom stereocenters. The molecule has 5 nitrogen and oxygen atoms in total. The number of halogens is 2. The van der Waals surface area contributed by atoms with Gasteiger partial charge in [-0.15, -0.1) is 0 Å². The highest BCUT2D eigenvalue weighted by molar-refractivity contribution is 6.42. The Morgan fingerprint density at radius 1 is 1.17 bits per heavy atom. The van der Waals surface area contributed by atoms with Crippen molar-refractivity contribution in [1.82, 2.24) is 10.6 Å². The van der Waals surface area contributed by atoms with Crippen molar-refractivity contribution in [2.24, 2.45) is 0 Å². The van der Waals surface area contributed by atoms with E-state index in [1.807, 2.05) is 0 Å². The lowest BCUT2D eigenvalue weighted by Gasteiger charge is -2.06. The molecule has 0 heterocycles. The zero-order valence-electron chi connectivity index (χ0n) is 9.63. The van der Waals surface area contributed by atoms with Gasteiger partial charge in [0.2, 0.25) is 0 Å². The number of nitrogens with one attached hydrogen (secondary N) is 2. The van der Waals surface area contributed by atoms with Gasteiger partial charge in [-0.3, -0.25) is 4.79 Å². The predicted octanol–water partition coefficient (Wildman–Crippen LogP) is 2.08. The van der Waals surface area contributed by atoms with Crippen molar-refractivity contribution in [1.29, 1.82) is 0 Å². The van der Waals surface area contributed by atoms with E-state index in [9.17, 15) is 9.59 Å². The standard InChI is InChI=1S/C11H12Cl2N2O3/c1-18-11(17)15-5-4-14-10(16)7-2-3-8(12)9(13)6-7/h2-3,6H,4-5H2,1H3,(H,14,16)(H,15,17). The lowest BCUT2D eigenvalue weighted by Crippen LogP contribution is -2.34. The first kappa shape index (κ1) is 14.6. The minimum atomic E-state index is -0.543. The average molecular weight is 291 g/mol.